The average molecular weight is 271 g/mol. The number of rotatable bonds is 3. The van der Waals surface area contributed by atoms with Crippen LogP contribution in [-0.2, 0) is 18.4 Å². The summed E-state index contributed by atoms with van der Waals surface area (Å²) in [4.78, 5) is 28.5. The Bertz CT molecular complexity index is 735. The van der Waals surface area contributed by atoms with Crippen LogP contribution in [0.25, 0.3) is 10.9 Å². The molecule has 5 heteroatoms. The van der Waals surface area contributed by atoms with Crippen LogP contribution in [0.15, 0.2) is 29.1 Å². The molecule has 1 fully saturated rings. The molecule has 0 bridgehead atoms. The highest BCUT2D eigenvalue weighted by molar-refractivity contribution is 5.81. The Hall–Kier alpha value is -2.17. The van der Waals surface area contributed by atoms with Gasteiger partial charge in [-0.15, -0.1) is 0 Å². The zero-order valence-corrected chi connectivity index (χ0v) is 11.6. The van der Waals surface area contributed by atoms with Crippen LogP contribution in [0.5, 0.6) is 0 Å². The van der Waals surface area contributed by atoms with Crippen molar-refractivity contribution in [3.63, 3.8) is 0 Å². The Labute approximate surface area is 116 Å². The fraction of sp³-hybridized carbons (Fsp3) is 0.400. The SMILES string of the molecule is C[C@@H]1C[C@H]1C(=O)NCc1nc2ccccc2c(=O)n1C. The van der Waals surface area contributed by atoms with Crippen LogP contribution in [0, 0.1) is 11.8 Å². The highest BCUT2D eigenvalue weighted by Crippen LogP contribution is 2.37. The van der Waals surface area contributed by atoms with Gasteiger partial charge in [-0.1, -0.05) is 19.1 Å². The fourth-order valence-electron chi connectivity index (χ4n) is 2.41. The van der Waals surface area contributed by atoms with Gasteiger partial charge in [0.2, 0.25) is 5.91 Å². The van der Waals surface area contributed by atoms with E-state index in [1.54, 1.807) is 13.1 Å². The predicted octanol–water partition coefficient (Wildman–Crippen LogP) is 1.21. The molecule has 3 rings (SSSR count). The van der Waals surface area contributed by atoms with Crippen molar-refractivity contribution < 1.29 is 4.79 Å². The van der Waals surface area contributed by atoms with Gasteiger partial charge in [-0.05, 0) is 24.5 Å². The van der Waals surface area contributed by atoms with Gasteiger partial charge in [0.1, 0.15) is 5.82 Å². The molecule has 0 spiro atoms. The number of carbonyl (C=O) groups excluding carboxylic acids is 1. The number of benzene rings is 1. The summed E-state index contributed by atoms with van der Waals surface area (Å²) in [5.41, 5.74) is 0.583. The summed E-state index contributed by atoms with van der Waals surface area (Å²) >= 11 is 0. The molecule has 2 aromatic rings. The summed E-state index contributed by atoms with van der Waals surface area (Å²) in [5.74, 6) is 1.24. The number of hydrogen-bond acceptors (Lipinski definition) is 3. The fourth-order valence-corrected chi connectivity index (χ4v) is 2.41. The third kappa shape index (κ3) is 2.19. The van der Waals surface area contributed by atoms with E-state index < -0.39 is 0 Å². The molecule has 0 unspecified atom stereocenters. The summed E-state index contributed by atoms with van der Waals surface area (Å²) in [6.07, 6.45) is 0.954. The minimum absolute atomic E-state index is 0.0555. The van der Waals surface area contributed by atoms with Gasteiger partial charge in [0.05, 0.1) is 17.4 Å². The zero-order chi connectivity index (χ0) is 14.3. The highest BCUT2D eigenvalue weighted by Gasteiger charge is 2.38. The topological polar surface area (TPSA) is 64.0 Å². The molecule has 1 aliphatic rings. The van der Waals surface area contributed by atoms with E-state index in [-0.39, 0.29) is 17.4 Å². The summed E-state index contributed by atoms with van der Waals surface area (Å²) in [5, 5.41) is 3.46. The first-order valence-electron chi connectivity index (χ1n) is 6.80. The van der Waals surface area contributed by atoms with Gasteiger partial charge in [-0.2, -0.15) is 0 Å². The maximum Gasteiger partial charge on any atom is 0.261 e. The zero-order valence-electron chi connectivity index (χ0n) is 11.6. The van der Waals surface area contributed by atoms with Crippen LogP contribution in [0.2, 0.25) is 0 Å². The molecule has 20 heavy (non-hydrogen) atoms. The van der Waals surface area contributed by atoms with E-state index in [1.165, 1.54) is 4.57 Å². The molecular weight excluding hydrogens is 254 g/mol. The molecule has 2 atom stereocenters. The van der Waals surface area contributed by atoms with E-state index in [1.807, 2.05) is 18.2 Å². The van der Waals surface area contributed by atoms with E-state index in [4.69, 9.17) is 0 Å². The minimum Gasteiger partial charge on any atom is -0.349 e. The number of para-hydroxylation sites is 1. The molecule has 104 valence electrons. The van der Waals surface area contributed by atoms with Crippen molar-refractivity contribution in [2.45, 2.75) is 19.9 Å². The molecule has 1 amide bonds. The molecule has 1 saturated carbocycles. The van der Waals surface area contributed by atoms with E-state index >= 15 is 0 Å². The summed E-state index contributed by atoms with van der Waals surface area (Å²) in [6, 6.07) is 7.24. The second-order valence-corrected chi connectivity index (χ2v) is 5.45. The highest BCUT2D eigenvalue weighted by atomic mass is 16.2. The van der Waals surface area contributed by atoms with Gasteiger partial charge in [0.25, 0.3) is 5.56 Å². The van der Waals surface area contributed by atoms with Gasteiger partial charge in [0, 0.05) is 13.0 Å². The van der Waals surface area contributed by atoms with Crippen molar-refractivity contribution in [3.8, 4) is 0 Å². The van der Waals surface area contributed by atoms with Crippen LogP contribution in [0.3, 0.4) is 0 Å². The first kappa shape index (κ1) is 12.8. The van der Waals surface area contributed by atoms with Gasteiger partial charge in [-0.3, -0.25) is 14.2 Å². The number of aromatic nitrogens is 2. The largest absolute Gasteiger partial charge is 0.349 e. The lowest BCUT2D eigenvalue weighted by Crippen LogP contribution is -2.30. The third-order valence-electron chi connectivity index (χ3n) is 3.94. The Kier molecular flexibility index (Phi) is 3.04. The Morgan fingerprint density at radius 1 is 1.45 bits per heavy atom. The summed E-state index contributed by atoms with van der Waals surface area (Å²) < 4.78 is 1.50. The average Bonchev–Trinajstić information content (AvgIpc) is 3.18. The third-order valence-corrected chi connectivity index (χ3v) is 3.94. The van der Waals surface area contributed by atoms with Crippen LogP contribution in [0.1, 0.15) is 19.2 Å². The first-order chi connectivity index (χ1) is 9.58. The lowest BCUT2D eigenvalue weighted by atomic mass is 10.2. The van der Waals surface area contributed by atoms with E-state index in [9.17, 15) is 9.59 Å². The van der Waals surface area contributed by atoms with Crippen molar-refractivity contribution in [2.24, 2.45) is 18.9 Å². The molecule has 5 nitrogen and oxygen atoms in total. The van der Waals surface area contributed by atoms with E-state index in [0.29, 0.717) is 29.2 Å². The number of nitrogens with one attached hydrogen (secondary N) is 1. The van der Waals surface area contributed by atoms with Crippen LogP contribution < -0.4 is 10.9 Å². The van der Waals surface area contributed by atoms with Gasteiger partial charge in [0.15, 0.2) is 0 Å². The lowest BCUT2D eigenvalue weighted by molar-refractivity contribution is -0.122. The Balaban J connectivity index is 1.86. The number of nitrogens with zero attached hydrogens (tertiary/aromatic N) is 2. The second-order valence-electron chi connectivity index (χ2n) is 5.45. The predicted molar refractivity (Wildman–Crippen MR) is 76.1 cm³/mol. The van der Waals surface area contributed by atoms with Crippen molar-refractivity contribution in [1.82, 2.24) is 14.9 Å². The quantitative estimate of drug-likeness (QED) is 0.912. The maximum absolute atomic E-state index is 12.2. The standard InChI is InChI=1S/C15H17N3O2/c1-9-7-11(9)14(19)16-8-13-17-12-6-4-3-5-10(12)15(20)18(13)2/h3-6,9,11H,7-8H2,1-2H3,(H,16,19)/t9-,11-/m1/s1. The van der Waals surface area contributed by atoms with Crippen LogP contribution in [0.4, 0.5) is 0 Å². The molecule has 1 heterocycles. The maximum atomic E-state index is 12.2. The van der Waals surface area contributed by atoms with Crippen LogP contribution >= 0.6 is 0 Å². The molecule has 1 aromatic carbocycles. The number of carbonyl (C=O) groups is 1. The minimum atomic E-state index is -0.0837. The summed E-state index contributed by atoms with van der Waals surface area (Å²) in [7, 11) is 1.68. The van der Waals surface area contributed by atoms with Crippen LogP contribution in [-0.4, -0.2) is 15.5 Å². The number of fused-ring (bicyclic) bond motifs is 1. The van der Waals surface area contributed by atoms with Crippen molar-refractivity contribution in [2.75, 3.05) is 0 Å². The monoisotopic (exact) mass is 271 g/mol. The molecule has 0 saturated heterocycles. The molecule has 1 aromatic heterocycles. The Morgan fingerprint density at radius 2 is 2.15 bits per heavy atom. The first-order valence-corrected chi connectivity index (χ1v) is 6.80. The molecular formula is C15H17N3O2. The molecule has 1 aliphatic carbocycles. The number of amides is 1. The normalized spacial score (nSPS) is 20.9. The molecule has 0 aliphatic heterocycles. The Morgan fingerprint density at radius 3 is 2.85 bits per heavy atom. The van der Waals surface area contributed by atoms with Gasteiger partial charge >= 0.3 is 0 Å². The smallest absolute Gasteiger partial charge is 0.261 e. The van der Waals surface area contributed by atoms with Gasteiger partial charge < -0.3 is 5.32 Å². The number of hydrogen-bond donors (Lipinski definition) is 1. The van der Waals surface area contributed by atoms with Gasteiger partial charge in [-0.25, -0.2) is 4.98 Å². The van der Waals surface area contributed by atoms with Crippen molar-refractivity contribution in [3.05, 3.63) is 40.4 Å². The summed E-state index contributed by atoms with van der Waals surface area (Å²) in [6.45, 7) is 2.35. The molecule has 0 radical (unpaired) electrons. The van der Waals surface area contributed by atoms with Crippen molar-refractivity contribution >= 4 is 16.8 Å². The van der Waals surface area contributed by atoms with E-state index in [0.717, 1.165) is 6.42 Å². The second kappa shape index (κ2) is 4.74. The van der Waals surface area contributed by atoms with E-state index in [2.05, 4.69) is 17.2 Å². The molecule has 1 N–H and O–H groups in total. The van der Waals surface area contributed by atoms with Crippen molar-refractivity contribution in [1.29, 1.82) is 0 Å². The lowest BCUT2D eigenvalue weighted by Gasteiger charge is -2.10.